The molecule has 0 aliphatic rings. The lowest BCUT2D eigenvalue weighted by atomic mass is 9.84. The number of hydrogen-bond acceptors (Lipinski definition) is 4. The van der Waals surface area contributed by atoms with Gasteiger partial charge in [0.1, 0.15) is 5.54 Å². The van der Waals surface area contributed by atoms with Crippen LogP contribution in [0.5, 0.6) is 0 Å². The molecule has 0 aliphatic carbocycles. The molecule has 0 saturated carbocycles. The van der Waals surface area contributed by atoms with E-state index in [4.69, 9.17) is 0 Å². The SMILES string of the molecule is CCC(CC)(N[B]C=O)C(=O)OC. The zero-order valence-corrected chi connectivity index (χ0v) is 8.29. The zero-order chi connectivity index (χ0) is 10.3. The highest BCUT2D eigenvalue weighted by atomic mass is 16.5. The summed E-state index contributed by atoms with van der Waals surface area (Å²) in [4.78, 5) is 21.5. The van der Waals surface area contributed by atoms with E-state index in [-0.39, 0.29) is 5.97 Å². The van der Waals surface area contributed by atoms with Gasteiger partial charge in [-0.25, -0.2) is 0 Å². The smallest absolute Gasteiger partial charge is 0.325 e. The molecule has 13 heavy (non-hydrogen) atoms. The maximum absolute atomic E-state index is 11.4. The maximum Gasteiger partial charge on any atom is 0.325 e. The molecule has 0 fully saturated rings. The molecule has 0 bridgehead atoms. The third kappa shape index (κ3) is 2.84. The molecule has 0 aromatic heterocycles. The normalized spacial score (nSPS) is 10.7. The van der Waals surface area contributed by atoms with Gasteiger partial charge < -0.3 is 14.8 Å². The second-order valence-electron chi connectivity index (χ2n) is 2.73. The minimum absolute atomic E-state index is 0.337. The van der Waals surface area contributed by atoms with Gasteiger partial charge in [-0.2, -0.15) is 0 Å². The molecule has 4 nitrogen and oxygen atoms in total. The highest BCUT2D eigenvalue weighted by Crippen LogP contribution is 2.15. The number of hydrogen-bond donors (Lipinski definition) is 1. The Balaban J connectivity index is 4.47. The molecule has 0 amide bonds. The van der Waals surface area contributed by atoms with Gasteiger partial charge in [0.15, 0.2) is 0 Å². The second kappa shape index (κ2) is 5.75. The van der Waals surface area contributed by atoms with Crippen LogP contribution in [0, 0.1) is 0 Å². The summed E-state index contributed by atoms with van der Waals surface area (Å²) in [6, 6.07) is 0. The molecular formula is C8H15BNO3. The third-order valence-corrected chi connectivity index (χ3v) is 2.21. The molecule has 0 spiro atoms. The minimum Gasteiger partial charge on any atom is -0.468 e. The number of nitrogens with one attached hydrogen (secondary N) is 1. The standard InChI is InChI=1S/C8H15BNO3/c1-4-8(5-2,7(12)13-3)10-9-6-11/h6,10H,4-5H2,1-3H3. The molecule has 0 saturated heterocycles. The quantitative estimate of drug-likeness (QED) is 0.361. The van der Waals surface area contributed by atoms with Gasteiger partial charge in [-0.1, -0.05) is 13.8 Å². The van der Waals surface area contributed by atoms with E-state index in [0.717, 1.165) is 0 Å². The van der Waals surface area contributed by atoms with E-state index in [9.17, 15) is 9.59 Å². The van der Waals surface area contributed by atoms with Crippen molar-refractivity contribution in [2.75, 3.05) is 7.11 Å². The number of ether oxygens (including phenoxy) is 1. The Kier molecular flexibility index (Phi) is 5.38. The topological polar surface area (TPSA) is 55.4 Å². The Hall–Kier alpha value is -0.835. The summed E-state index contributed by atoms with van der Waals surface area (Å²) < 4.78 is 4.66. The molecule has 0 heterocycles. The number of methoxy groups -OCH3 is 1. The van der Waals surface area contributed by atoms with Gasteiger partial charge in [0.05, 0.1) is 13.3 Å². The summed E-state index contributed by atoms with van der Waals surface area (Å²) in [6.45, 7) is 3.73. The Morgan fingerprint density at radius 3 is 2.38 bits per heavy atom. The number of carbonyl (C=O) groups excluding carboxylic acids is 2. The van der Waals surface area contributed by atoms with E-state index >= 15 is 0 Å². The van der Waals surface area contributed by atoms with Gasteiger partial charge in [0, 0.05) is 0 Å². The van der Waals surface area contributed by atoms with Crippen LogP contribution < -0.4 is 5.23 Å². The summed E-state index contributed by atoms with van der Waals surface area (Å²) in [7, 11) is 2.56. The van der Waals surface area contributed by atoms with Crippen molar-refractivity contribution in [2.24, 2.45) is 0 Å². The largest absolute Gasteiger partial charge is 0.468 e. The van der Waals surface area contributed by atoms with Crippen LogP contribution in [0.1, 0.15) is 26.7 Å². The summed E-state index contributed by atoms with van der Waals surface area (Å²) in [5.41, 5.74) is -0.754. The highest BCUT2D eigenvalue weighted by molar-refractivity contribution is 6.64. The first-order valence-corrected chi connectivity index (χ1v) is 4.30. The fraction of sp³-hybridized carbons (Fsp3) is 0.750. The molecular weight excluding hydrogens is 169 g/mol. The van der Waals surface area contributed by atoms with E-state index in [0.29, 0.717) is 19.0 Å². The Bertz CT molecular complexity index is 180. The van der Waals surface area contributed by atoms with E-state index in [1.165, 1.54) is 14.5 Å². The van der Waals surface area contributed by atoms with Crippen LogP contribution in [-0.4, -0.2) is 32.2 Å². The first kappa shape index (κ1) is 12.2. The van der Waals surface area contributed by atoms with Crippen LogP contribution in [0.2, 0.25) is 0 Å². The van der Waals surface area contributed by atoms with Gasteiger partial charge in [-0.3, -0.25) is 4.79 Å². The molecule has 0 atom stereocenters. The molecule has 0 unspecified atom stereocenters. The van der Waals surface area contributed by atoms with E-state index in [1.54, 1.807) is 0 Å². The van der Waals surface area contributed by atoms with Crippen molar-refractivity contribution in [3.63, 3.8) is 0 Å². The van der Waals surface area contributed by atoms with E-state index in [1.807, 2.05) is 13.8 Å². The number of carbonyl (C=O) groups is 2. The van der Waals surface area contributed by atoms with E-state index < -0.39 is 5.54 Å². The lowest BCUT2D eigenvalue weighted by Gasteiger charge is -2.28. The van der Waals surface area contributed by atoms with Gasteiger partial charge >= 0.3 is 5.97 Å². The predicted molar refractivity (Wildman–Crippen MR) is 51.0 cm³/mol. The molecule has 73 valence electrons. The fourth-order valence-electron chi connectivity index (χ4n) is 1.19. The maximum atomic E-state index is 11.4. The Labute approximate surface area is 79.3 Å². The van der Waals surface area contributed by atoms with Gasteiger partial charge in [0.2, 0.25) is 0 Å². The van der Waals surface area contributed by atoms with Crippen molar-refractivity contribution in [3.8, 4) is 0 Å². The van der Waals surface area contributed by atoms with Gasteiger partial charge in [0.25, 0.3) is 7.41 Å². The molecule has 0 aromatic rings. The van der Waals surface area contributed by atoms with Crippen LogP contribution in [-0.2, 0) is 14.3 Å². The molecule has 0 rings (SSSR count). The molecule has 1 N–H and O–H groups in total. The molecule has 0 aromatic carbocycles. The lowest BCUT2D eigenvalue weighted by Crippen LogP contribution is -2.53. The Morgan fingerprint density at radius 2 is 2.08 bits per heavy atom. The summed E-state index contributed by atoms with van der Waals surface area (Å²) in [6.07, 6.45) is 1.78. The van der Waals surface area contributed by atoms with Crippen LogP contribution in [0.15, 0.2) is 0 Å². The molecule has 0 aliphatic heterocycles. The van der Waals surface area contributed by atoms with Crippen LogP contribution in [0.3, 0.4) is 0 Å². The van der Waals surface area contributed by atoms with Crippen LogP contribution >= 0.6 is 0 Å². The lowest BCUT2D eigenvalue weighted by molar-refractivity contribution is -0.148. The van der Waals surface area contributed by atoms with Crippen molar-refractivity contribution < 1.29 is 14.3 Å². The first-order valence-electron chi connectivity index (χ1n) is 4.30. The van der Waals surface area contributed by atoms with Crippen molar-refractivity contribution in [3.05, 3.63) is 0 Å². The monoisotopic (exact) mass is 184 g/mol. The van der Waals surface area contributed by atoms with Crippen LogP contribution in [0.4, 0.5) is 0 Å². The van der Waals surface area contributed by atoms with Gasteiger partial charge in [-0.05, 0) is 12.8 Å². The van der Waals surface area contributed by atoms with Gasteiger partial charge in [-0.15, -0.1) is 0 Å². The van der Waals surface area contributed by atoms with Crippen LogP contribution in [0.25, 0.3) is 0 Å². The second-order valence-corrected chi connectivity index (χ2v) is 2.73. The van der Waals surface area contributed by atoms with Crippen molar-refractivity contribution in [2.45, 2.75) is 32.2 Å². The average Bonchev–Trinajstić information content (AvgIpc) is 2.19. The minimum atomic E-state index is -0.754. The van der Waals surface area contributed by atoms with Crippen molar-refractivity contribution >= 4 is 19.6 Å². The Morgan fingerprint density at radius 1 is 1.54 bits per heavy atom. The van der Waals surface area contributed by atoms with Crippen molar-refractivity contribution in [1.82, 2.24) is 5.23 Å². The summed E-state index contributed by atoms with van der Waals surface area (Å²) >= 11 is 0. The molecule has 5 heteroatoms. The van der Waals surface area contributed by atoms with Crippen molar-refractivity contribution in [1.29, 1.82) is 0 Å². The van der Waals surface area contributed by atoms with E-state index in [2.05, 4.69) is 9.96 Å². The fourth-order valence-corrected chi connectivity index (χ4v) is 1.19. The molecule has 1 radical (unpaired) electrons. The number of esters is 1. The zero-order valence-electron chi connectivity index (χ0n) is 8.29. The third-order valence-electron chi connectivity index (χ3n) is 2.21. The summed E-state index contributed by atoms with van der Waals surface area (Å²) in [5.74, 6) is -0.337. The highest BCUT2D eigenvalue weighted by Gasteiger charge is 2.34. The number of rotatable bonds is 6. The first-order chi connectivity index (χ1) is 6.16. The predicted octanol–water partition coefficient (Wildman–Crippen LogP) is 0.117. The average molecular weight is 184 g/mol. The summed E-state index contributed by atoms with van der Waals surface area (Å²) in [5, 5.41) is 2.77.